The van der Waals surface area contributed by atoms with Crippen LogP contribution in [0.5, 0.6) is 5.88 Å². The van der Waals surface area contributed by atoms with E-state index in [2.05, 4.69) is 69.7 Å². The molecule has 39 heavy (non-hydrogen) atoms. The van der Waals surface area contributed by atoms with E-state index in [4.69, 9.17) is 19.7 Å². The molecule has 0 saturated carbocycles. The summed E-state index contributed by atoms with van der Waals surface area (Å²) in [7, 11) is 0. The number of fused-ring (bicyclic) bond motifs is 4. The maximum absolute atomic E-state index is 10.2. The number of aryl methyl sites for hydroxylation is 2. The van der Waals surface area contributed by atoms with Crippen molar-refractivity contribution in [2.75, 3.05) is 11.3 Å². The van der Waals surface area contributed by atoms with Gasteiger partial charge in [-0.05, 0) is 75.6 Å². The first-order chi connectivity index (χ1) is 18.4. The Hall–Kier alpha value is -2.64. The first-order valence-corrected chi connectivity index (χ1v) is 14.9. The highest BCUT2D eigenvalue weighted by Gasteiger charge is 2.30. The smallest absolute Gasteiger partial charge is 0.237 e. The number of hydrogen-bond donors (Lipinski definition) is 2. The Morgan fingerprint density at radius 3 is 2.38 bits per heavy atom. The maximum atomic E-state index is 10.2. The van der Waals surface area contributed by atoms with Crippen molar-refractivity contribution in [1.29, 1.82) is 0 Å². The van der Waals surface area contributed by atoms with E-state index in [0.717, 1.165) is 54.1 Å². The van der Waals surface area contributed by atoms with E-state index in [-0.39, 0.29) is 17.3 Å². The number of nitrogens with one attached hydrogen (secondary N) is 1. The molecule has 4 bridgehead atoms. The molecule has 2 atom stereocenters. The van der Waals surface area contributed by atoms with Gasteiger partial charge in [0.05, 0.1) is 17.9 Å². The molecular formula is C32H44N4O2S. The largest absolute Gasteiger partial charge is 0.477 e. The molecule has 4 rings (SSSR count). The van der Waals surface area contributed by atoms with Crippen LogP contribution in [0.1, 0.15) is 89.5 Å². The fraction of sp³-hybridized carbons (Fsp3) is 0.531. The fourth-order valence-corrected chi connectivity index (χ4v) is 6.11. The topological polar surface area (TPSA) is 80.2 Å². The van der Waals surface area contributed by atoms with Crippen LogP contribution in [0.3, 0.4) is 0 Å². The average Bonchev–Trinajstić information content (AvgIpc) is 2.84. The molecule has 0 amide bonds. The highest BCUT2D eigenvalue weighted by Crippen LogP contribution is 2.39. The van der Waals surface area contributed by atoms with Crippen molar-refractivity contribution in [1.82, 2.24) is 15.0 Å². The highest BCUT2D eigenvalue weighted by atomic mass is 32.2. The minimum Gasteiger partial charge on any atom is -0.477 e. The van der Waals surface area contributed by atoms with Crippen LogP contribution in [0.2, 0.25) is 0 Å². The minimum absolute atomic E-state index is 0.130. The minimum atomic E-state index is -0.640. The Kier molecular flexibility index (Phi) is 9.22. The maximum Gasteiger partial charge on any atom is 0.237 e. The Bertz CT molecular complexity index is 1250. The molecule has 1 aliphatic rings. The number of rotatable bonds is 7. The number of pyridine rings is 1. The number of unbranched alkanes of at least 4 members (excludes halogenated alkanes) is 1. The molecule has 6 nitrogen and oxygen atoms in total. The molecule has 1 aliphatic heterocycles. The summed E-state index contributed by atoms with van der Waals surface area (Å²) in [4.78, 5) is 14.7. The van der Waals surface area contributed by atoms with Crippen LogP contribution < -0.4 is 9.46 Å². The second-order valence-corrected chi connectivity index (χ2v) is 13.6. The van der Waals surface area contributed by atoms with Gasteiger partial charge in [-0.3, -0.25) is 4.72 Å². The third-order valence-corrected chi connectivity index (χ3v) is 7.98. The molecule has 7 heteroatoms. The van der Waals surface area contributed by atoms with Gasteiger partial charge in [-0.2, -0.15) is 4.98 Å². The molecule has 0 fully saturated rings. The van der Waals surface area contributed by atoms with Crippen LogP contribution in [0.4, 0.5) is 5.95 Å². The zero-order valence-corrected chi connectivity index (χ0v) is 25.4. The Labute approximate surface area is 238 Å². The lowest BCUT2D eigenvalue weighted by Gasteiger charge is -2.32. The third-order valence-electron chi connectivity index (χ3n) is 7.25. The predicted octanol–water partition coefficient (Wildman–Crippen LogP) is 8.13. The normalized spacial score (nSPS) is 17.9. The van der Waals surface area contributed by atoms with Gasteiger partial charge in [-0.25, -0.2) is 9.97 Å². The zero-order chi connectivity index (χ0) is 28.2. The number of hydrogen-bond acceptors (Lipinski definition) is 7. The van der Waals surface area contributed by atoms with Crippen molar-refractivity contribution in [2.45, 2.75) is 97.1 Å². The standard InChI is InChI=1S/C32H44N4O2S/c1-21-12-10-13-22(2)29(21)26-18-27-35-30(34-26)36-39-28-16-11-15-25(33-28)24(14-8-9-17-32(6,7)37)23(20-38-27)19-31(3,4)5/h10-13,15-16,18,23-24,37H,8-9,14,17,19-20H2,1-7H3,(H,34,35,36). The molecule has 0 spiro atoms. The van der Waals surface area contributed by atoms with Gasteiger partial charge >= 0.3 is 0 Å². The molecule has 2 aromatic heterocycles. The first kappa shape index (κ1) is 29.3. The van der Waals surface area contributed by atoms with Crippen LogP contribution in [0.15, 0.2) is 47.5 Å². The fourth-order valence-electron chi connectivity index (χ4n) is 5.53. The van der Waals surface area contributed by atoms with Crippen LogP contribution in [0.25, 0.3) is 11.3 Å². The number of aromatic nitrogens is 3. The van der Waals surface area contributed by atoms with Gasteiger partial charge < -0.3 is 9.84 Å². The van der Waals surface area contributed by atoms with Crippen molar-refractivity contribution < 1.29 is 9.84 Å². The number of benzene rings is 1. The number of anilines is 1. The molecule has 2 unspecified atom stereocenters. The molecular weight excluding hydrogens is 504 g/mol. The van der Waals surface area contributed by atoms with Gasteiger partial charge in [-0.15, -0.1) is 0 Å². The molecule has 0 aliphatic carbocycles. The van der Waals surface area contributed by atoms with Gasteiger partial charge in [0, 0.05) is 41.1 Å². The summed E-state index contributed by atoms with van der Waals surface area (Å²) in [5, 5.41) is 11.1. The Morgan fingerprint density at radius 2 is 1.69 bits per heavy atom. The van der Waals surface area contributed by atoms with Crippen molar-refractivity contribution in [3.05, 3.63) is 59.3 Å². The lowest BCUT2D eigenvalue weighted by Crippen LogP contribution is -2.27. The molecule has 2 N–H and O–H groups in total. The molecule has 3 heterocycles. The molecule has 0 radical (unpaired) electrons. The third kappa shape index (κ3) is 8.42. The van der Waals surface area contributed by atoms with E-state index in [1.165, 1.54) is 23.1 Å². The van der Waals surface area contributed by atoms with Gasteiger partial charge in [-0.1, -0.05) is 57.9 Å². The SMILES string of the molecule is Cc1cccc(C)c1-c1cc2nc(n1)NSc1cccc(n1)C(CCCCC(C)(C)O)C(CC(C)(C)C)CO2. The number of ether oxygens (including phenoxy) is 1. The summed E-state index contributed by atoms with van der Waals surface area (Å²) in [6, 6.07) is 14.6. The zero-order valence-electron chi connectivity index (χ0n) is 24.5. The van der Waals surface area contributed by atoms with E-state index in [9.17, 15) is 5.11 Å². The van der Waals surface area contributed by atoms with Crippen molar-refractivity contribution in [3.63, 3.8) is 0 Å². The van der Waals surface area contributed by atoms with Crippen LogP contribution in [-0.2, 0) is 0 Å². The van der Waals surface area contributed by atoms with Crippen LogP contribution in [-0.4, -0.2) is 32.3 Å². The molecule has 210 valence electrons. The summed E-state index contributed by atoms with van der Waals surface area (Å²) in [5.41, 5.74) is 4.90. The second-order valence-electron chi connectivity index (χ2n) is 12.8. The van der Waals surface area contributed by atoms with Crippen LogP contribution in [0, 0.1) is 25.2 Å². The summed E-state index contributed by atoms with van der Waals surface area (Å²) < 4.78 is 9.83. The summed E-state index contributed by atoms with van der Waals surface area (Å²) in [6.07, 6.45) is 4.80. The first-order valence-electron chi connectivity index (χ1n) is 14.1. The van der Waals surface area contributed by atoms with Crippen molar-refractivity contribution in [3.8, 4) is 17.1 Å². The number of aliphatic hydroxyl groups is 1. The summed E-state index contributed by atoms with van der Waals surface area (Å²) >= 11 is 1.43. The van der Waals surface area contributed by atoms with E-state index in [1.807, 2.05) is 26.0 Å². The molecule has 1 aromatic carbocycles. The quantitative estimate of drug-likeness (QED) is 0.228. The summed E-state index contributed by atoms with van der Waals surface area (Å²) in [5.74, 6) is 1.60. The van der Waals surface area contributed by atoms with Gasteiger partial charge in [0.1, 0.15) is 5.03 Å². The summed E-state index contributed by atoms with van der Waals surface area (Å²) in [6.45, 7) is 15.4. The number of nitrogens with zero attached hydrogens (tertiary/aromatic N) is 3. The predicted molar refractivity (Wildman–Crippen MR) is 161 cm³/mol. The van der Waals surface area contributed by atoms with E-state index in [0.29, 0.717) is 18.4 Å². The van der Waals surface area contributed by atoms with Gasteiger partial charge in [0.15, 0.2) is 0 Å². The van der Waals surface area contributed by atoms with E-state index in [1.54, 1.807) is 0 Å². The molecule has 0 saturated heterocycles. The lowest BCUT2D eigenvalue weighted by molar-refractivity contribution is 0.0674. The van der Waals surface area contributed by atoms with E-state index >= 15 is 0 Å². The average molecular weight is 549 g/mol. The van der Waals surface area contributed by atoms with Crippen molar-refractivity contribution >= 4 is 17.9 Å². The van der Waals surface area contributed by atoms with Crippen molar-refractivity contribution in [2.24, 2.45) is 11.3 Å². The van der Waals surface area contributed by atoms with E-state index < -0.39 is 5.60 Å². The Balaban J connectivity index is 1.71. The monoisotopic (exact) mass is 548 g/mol. The molecule has 3 aromatic rings. The van der Waals surface area contributed by atoms with Gasteiger partial charge in [0.2, 0.25) is 11.8 Å². The van der Waals surface area contributed by atoms with Gasteiger partial charge in [0.25, 0.3) is 0 Å². The van der Waals surface area contributed by atoms with Crippen LogP contribution >= 0.6 is 11.9 Å². The second kappa shape index (κ2) is 12.3. The lowest BCUT2D eigenvalue weighted by atomic mass is 9.75. The highest BCUT2D eigenvalue weighted by molar-refractivity contribution is 8.00. The Morgan fingerprint density at radius 1 is 0.974 bits per heavy atom.